The van der Waals surface area contributed by atoms with Gasteiger partial charge >= 0.3 is 0 Å². The largest absolute Gasteiger partial charge is 0.455 e. The van der Waals surface area contributed by atoms with Crippen LogP contribution in [0.1, 0.15) is 0 Å². The Morgan fingerprint density at radius 2 is 0.868 bits per heavy atom. The number of aromatic amines is 1. The molecule has 0 atom stereocenters. The number of nitro groups is 1. The quantitative estimate of drug-likeness (QED) is 0.141. The topological polar surface area (TPSA) is 95.1 Å². The molecule has 0 aliphatic rings. The molecule has 5 aromatic heterocycles. The van der Waals surface area contributed by atoms with Crippen LogP contribution in [0.5, 0.6) is 0 Å². The molecule has 8 nitrogen and oxygen atoms in total. The number of aromatic nitrogens is 3. The summed E-state index contributed by atoms with van der Waals surface area (Å²) in [7, 11) is 0. The molecule has 68 heavy (non-hydrogen) atoms. The molecule has 0 bridgehead atoms. The molecule has 0 amide bonds. The maximum Gasteiger partial charge on any atom is 0.277 e. The maximum absolute atomic E-state index is 11.9. The van der Waals surface area contributed by atoms with Gasteiger partial charge < -0.3 is 23.0 Å². The van der Waals surface area contributed by atoms with Crippen molar-refractivity contribution < 1.29 is 13.8 Å². The van der Waals surface area contributed by atoms with Crippen LogP contribution in [-0.4, -0.2) is 19.0 Å². The molecule has 0 radical (unpaired) electrons. The minimum Gasteiger partial charge on any atom is -0.455 e. The lowest BCUT2D eigenvalue weighted by atomic mass is 10.00. The highest BCUT2D eigenvalue weighted by molar-refractivity contribution is 6.31. The molecule has 0 fully saturated rings. The average molecular weight is 877 g/mol. The second kappa shape index (κ2) is 14.6. The van der Waals surface area contributed by atoms with Crippen molar-refractivity contribution >= 4 is 115 Å². The number of nitrogens with zero attached hydrogens (tertiary/aromatic N) is 3. The van der Waals surface area contributed by atoms with Gasteiger partial charge in [0.05, 0.1) is 43.3 Å². The number of rotatable bonds is 4. The van der Waals surface area contributed by atoms with Crippen LogP contribution in [0, 0.1) is 10.1 Å². The molecule has 0 unspecified atom stereocenters. The van der Waals surface area contributed by atoms with E-state index in [1.165, 1.54) is 21.7 Å². The zero-order valence-corrected chi connectivity index (χ0v) is 36.2. The SMILES string of the molecule is O=[N+]([O-])c1ccccc1-c1cccc2c3c4oc5ccccc5c4ccc3n(-c3ccccc3)c12.c1ccc(-n2c3ccc4c5ccccc5oc4c3c3ccc4[nH]c5ccccc5c4c32)cc1. The Kier molecular flexibility index (Phi) is 8.12. The van der Waals surface area contributed by atoms with Crippen molar-refractivity contribution in [3.8, 4) is 22.5 Å². The van der Waals surface area contributed by atoms with E-state index in [4.69, 9.17) is 8.83 Å². The summed E-state index contributed by atoms with van der Waals surface area (Å²) in [5, 5.41) is 23.2. The highest BCUT2D eigenvalue weighted by Gasteiger charge is 2.25. The number of furan rings is 2. The van der Waals surface area contributed by atoms with Gasteiger partial charge in [0.2, 0.25) is 0 Å². The summed E-state index contributed by atoms with van der Waals surface area (Å²) in [6.07, 6.45) is 0. The van der Waals surface area contributed by atoms with E-state index >= 15 is 0 Å². The molecule has 5 heterocycles. The second-order valence-corrected chi connectivity index (χ2v) is 17.2. The molecule has 320 valence electrons. The Morgan fingerprint density at radius 3 is 1.50 bits per heavy atom. The van der Waals surface area contributed by atoms with Crippen molar-refractivity contribution in [2.45, 2.75) is 0 Å². The van der Waals surface area contributed by atoms with E-state index in [1.54, 1.807) is 12.1 Å². The molecule has 0 saturated heterocycles. The van der Waals surface area contributed by atoms with E-state index in [-0.39, 0.29) is 10.6 Å². The number of fused-ring (bicyclic) bond motifs is 18. The van der Waals surface area contributed by atoms with Gasteiger partial charge in [-0.1, -0.05) is 121 Å². The van der Waals surface area contributed by atoms with E-state index in [9.17, 15) is 10.1 Å². The van der Waals surface area contributed by atoms with Crippen LogP contribution in [0.15, 0.2) is 221 Å². The fraction of sp³-hybridized carbons (Fsp3) is 0. The standard InChI is InChI=1S/C30H18N2O3.C30H18N2O/c33-32(34)25-15-6-4-11-20(25)22-13-8-14-24-28-26(31(29(22)24)19-9-2-1-3-10-19)18-17-23-21-12-5-7-16-27(21)35-30(23)28;1-2-8-18(9-3-1)32-25-17-15-20-19-10-5-7-13-26(19)33-30(20)28(25)22-14-16-24-27(29(22)32)21-11-4-6-12-23(21)31-24/h1-18H;1-17,31H. The lowest BCUT2D eigenvalue weighted by Crippen LogP contribution is -1.97. The van der Waals surface area contributed by atoms with Crippen LogP contribution in [-0.2, 0) is 0 Å². The van der Waals surface area contributed by atoms with Gasteiger partial charge in [-0.3, -0.25) is 10.1 Å². The Labute approximate surface area is 386 Å². The van der Waals surface area contributed by atoms with Gasteiger partial charge in [-0.15, -0.1) is 0 Å². The molecule has 1 N–H and O–H groups in total. The Hall–Kier alpha value is -9.40. The summed E-state index contributed by atoms with van der Waals surface area (Å²) < 4.78 is 17.5. The van der Waals surface area contributed by atoms with Crippen molar-refractivity contribution in [3.05, 3.63) is 222 Å². The molecule has 0 aliphatic carbocycles. The zero-order chi connectivity index (χ0) is 45.0. The van der Waals surface area contributed by atoms with Crippen LogP contribution in [0.25, 0.3) is 132 Å². The molecule has 15 rings (SSSR count). The maximum atomic E-state index is 11.9. The summed E-state index contributed by atoms with van der Waals surface area (Å²) in [6.45, 7) is 0. The van der Waals surface area contributed by atoms with E-state index in [1.807, 2.05) is 66.7 Å². The third-order valence-corrected chi connectivity index (χ3v) is 13.6. The highest BCUT2D eigenvalue weighted by Crippen LogP contribution is 2.46. The van der Waals surface area contributed by atoms with Gasteiger partial charge in [-0.25, -0.2) is 0 Å². The summed E-state index contributed by atoms with van der Waals surface area (Å²) in [6, 6.07) is 71.6. The number of benzene rings is 10. The predicted octanol–water partition coefficient (Wildman–Crippen LogP) is 16.6. The summed E-state index contributed by atoms with van der Waals surface area (Å²) in [5.41, 5.74) is 13.7. The molecule has 10 aromatic carbocycles. The average Bonchev–Trinajstić information content (AvgIpc) is 4.21. The van der Waals surface area contributed by atoms with Gasteiger partial charge in [0.1, 0.15) is 22.3 Å². The highest BCUT2D eigenvalue weighted by atomic mass is 16.6. The summed E-state index contributed by atoms with van der Waals surface area (Å²) in [5.74, 6) is 0. The smallest absolute Gasteiger partial charge is 0.277 e. The molecular formula is C60H36N4O4. The monoisotopic (exact) mass is 876 g/mol. The third kappa shape index (κ3) is 5.42. The van der Waals surface area contributed by atoms with Crippen molar-refractivity contribution in [2.24, 2.45) is 0 Å². The van der Waals surface area contributed by atoms with E-state index in [0.29, 0.717) is 5.56 Å². The normalized spacial score (nSPS) is 11.9. The fourth-order valence-corrected chi connectivity index (χ4v) is 10.8. The van der Waals surface area contributed by atoms with Crippen LogP contribution in [0.2, 0.25) is 0 Å². The van der Waals surface area contributed by atoms with Gasteiger partial charge in [0.15, 0.2) is 0 Å². The summed E-state index contributed by atoms with van der Waals surface area (Å²) >= 11 is 0. The predicted molar refractivity (Wildman–Crippen MR) is 278 cm³/mol. The zero-order valence-electron chi connectivity index (χ0n) is 36.2. The molecular weight excluding hydrogens is 841 g/mol. The Morgan fingerprint density at radius 1 is 0.382 bits per heavy atom. The molecule has 8 heteroatoms. The van der Waals surface area contributed by atoms with Crippen LogP contribution in [0.3, 0.4) is 0 Å². The number of hydrogen-bond acceptors (Lipinski definition) is 4. The molecule has 15 aromatic rings. The minimum absolute atomic E-state index is 0.0822. The number of para-hydroxylation sites is 7. The first-order chi connectivity index (χ1) is 33.6. The first-order valence-corrected chi connectivity index (χ1v) is 22.6. The van der Waals surface area contributed by atoms with Gasteiger partial charge in [0, 0.05) is 77.1 Å². The molecule has 0 aliphatic heterocycles. The first kappa shape index (κ1) is 37.9. The van der Waals surface area contributed by atoms with Gasteiger partial charge in [0.25, 0.3) is 5.69 Å². The van der Waals surface area contributed by atoms with E-state index in [0.717, 1.165) is 105 Å². The minimum atomic E-state index is -0.318. The lowest BCUT2D eigenvalue weighted by Gasteiger charge is -2.11. The Balaban J connectivity index is 0.000000129. The van der Waals surface area contributed by atoms with Crippen LogP contribution in [0.4, 0.5) is 5.69 Å². The van der Waals surface area contributed by atoms with Gasteiger partial charge in [-0.2, -0.15) is 0 Å². The second-order valence-electron chi connectivity index (χ2n) is 17.2. The van der Waals surface area contributed by atoms with Gasteiger partial charge in [-0.05, 0) is 84.9 Å². The molecule has 0 spiro atoms. The first-order valence-electron chi connectivity index (χ1n) is 22.6. The van der Waals surface area contributed by atoms with Crippen molar-refractivity contribution in [1.82, 2.24) is 14.1 Å². The lowest BCUT2D eigenvalue weighted by molar-refractivity contribution is -0.384. The number of hydrogen-bond donors (Lipinski definition) is 1. The third-order valence-electron chi connectivity index (χ3n) is 13.6. The van der Waals surface area contributed by atoms with E-state index in [2.05, 4.69) is 148 Å². The molecule has 0 saturated carbocycles. The number of H-pyrrole nitrogens is 1. The fourth-order valence-electron chi connectivity index (χ4n) is 10.8. The Bertz CT molecular complexity index is 4530. The van der Waals surface area contributed by atoms with Crippen molar-refractivity contribution in [3.63, 3.8) is 0 Å². The number of nitrogens with one attached hydrogen (secondary N) is 1. The number of nitro benzene ring substituents is 1. The van der Waals surface area contributed by atoms with Crippen molar-refractivity contribution in [2.75, 3.05) is 0 Å². The van der Waals surface area contributed by atoms with Crippen molar-refractivity contribution in [1.29, 1.82) is 0 Å². The summed E-state index contributed by atoms with van der Waals surface area (Å²) in [4.78, 5) is 15.2. The van der Waals surface area contributed by atoms with Crippen LogP contribution >= 0.6 is 0 Å². The van der Waals surface area contributed by atoms with E-state index < -0.39 is 0 Å². The van der Waals surface area contributed by atoms with Crippen LogP contribution < -0.4 is 0 Å².